The minimum absolute atomic E-state index is 0.272. The average molecular weight is 387 g/mol. The number of carbonyl (C=O) groups excluding carboxylic acids is 2. The molecule has 0 atom stereocenters. The van der Waals surface area contributed by atoms with Crippen molar-refractivity contribution in [1.29, 1.82) is 0 Å². The van der Waals surface area contributed by atoms with Gasteiger partial charge >= 0.3 is 5.97 Å². The maximum Gasteiger partial charge on any atom is 0.337 e. The Morgan fingerprint density at radius 2 is 1.69 bits per heavy atom. The van der Waals surface area contributed by atoms with Crippen molar-refractivity contribution in [3.8, 4) is 5.75 Å². The Morgan fingerprint density at radius 3 is 2.41 bits per heavy atom. The van der Waals surface area contributed by atoms with Crippen LogP contribution in [0.4, 0.5) is 5.69 Å². The van der Waals surface area contributed by atoms with Crippen molar-refractivity contribution in [3.05, 3.63) is 102 Å². The quantitative estimate of drug-likeness (QED) is 0.471. The SMILES string of the molecule is COC(=O)c1ccc(NC(=O)/C=C/c2cccc(OCc3ccccc3)c2)cc1. The van der Waals surface area contributed by atoms with Gasteiger partial charge in [-0.25, -0.2) is 4.79 Å². The van der Waals surface area contributed by atoms with Gasteiger partial charge in [-0.15, -0.1) is 0 Å². The van der Waals surface area contributed by atoms with E-state index in [1.807, 2.05) is 54.6 Å². The Morgan fingerprint density at radius 1 is 0.931 bits per heavy atom. The number of benzene rings is 3. The lowest BCUT2D eigenvalue weighted by atomic mass is 10.2. The highest BCUT2D eigenvalue weighted by Crippen LogP contribution is 2.16. The zero-order chi connectivity index (χ0) is 20.5. The van der Waals surface area contributed by atoms with E-state index in [1.54, 1.807) is 30.3 Å². The van der Waals surface area contributed by atoms with Gasteiger partial charge in [-0.2, -0.15) is 0 Å². The van der Waals surface area contributed by atoms with E-state index in [0.29, 0.717) is 17.9 Å². The van der Waals surface area contributed by atoms with E-state index in [1.165, 1.54) is 13.2 Å². The van der Waals surface area contributed by atoms with Gasteiger partial charge in [0, 0.05) is 11.8 Å². The van der Waals surface area contributed by atoms with Crippen LogP contribution >= 0.6 is 0 Å². The molecule has 5 nitrogen and oxygen atoms in total. The summed E-state index contributed by atoms with van der Waals surface area (Å²) in [6.07, 6.45) is 3.16. The molecule has 3 rings (SSSR count). The predicted molar refractivity (Wildman–Crippen MR) is 113 cm³/mol. The number of ether oxygens (including phenoxy) is 2. The van der Waals surface area contributed by atoms with E-state index in [4.69, 9.17) is 4.74 Å². The summed E-state index contributed by atoms with van der Waals surface area (Å²) in [5.74, 6) is 0.0402. The van der Waals surface area contributed by atoms with Crippen molar-refractivity contribution < 1.29 is 19.1 Å². The molecule has 0 aromatic heterocycles. The minimum atomic E-state index is -0.419. The van der Waals surface area contributed by atoms with Gasteiger partial charge in [0.05, 0.1) is 12.7 Å². The third kappa shape index (κ3) is 6.07. The zero-order valence-electron chi connectivity index (χ0n) is 16.0. The van der Waals surface area contributed by atoms with Crippen molar-refractivity contribution in [1.82, 2.24) is 0 Å². The van der Waals surface area contributed by atoms with Crippen molar-refractivity contribution in [2.75, 3.05) is 12.4 Å². The third-order valence-electron chi connectivity index (χ3n) is 4.11. The van der Waals surface area contributed by atoms with Crippen LogP contribution in [0.5, 0.6) is 5.75 Å². The molecule has 3 aromatic rings. The van der Waals surface area contributed by atoms with Crippen LogP contribution in [0.15, 0.2) is 84.9 Å². The Balaban J connectivity index is 1.56. The summed E-state index contributed by atoms with van der Waals surface area (Å²) in [4.78, 5) is 23.6. The van der Waals surface area contributed by atoms with Crippen LogP contribution < -0.4 is 10.1 Å². The summed E-state index contributed by atoms with van der Waals surface area (Å²) in [5, 5.41) is 2.75. The standard InChI is InChI=1S/C24H21NO4/c1-28-24(27)20-11-13-21(14-12-20)25-23(26)15-10-18-8-5-9-22(16-18)29-17-19-6-3-2-4-7-19/h2-16H,17H2,1H3,(H,25,26)/b15-10+. The molecule has 146 valence electrons. The fraction of sp³-hybridized carbons (Fsp3) is 0.0833. The molecule has 0 spiro atoms. The summed E-state index contributed by atoms with van der Waals surface area (Å²) in [5.41, 5.74) is 2.96. The molecule has 1 amide bonds. The smallest absolute Gasteiger partial charge is 0.337 e. The zero-order valence-corrected chi connectivity index (χ0v) is 16.0. The van der Waals surface area contributed by atoms with Crippen molar-refractivity contribution in [2.45, 2.75) is 6.61 Å². The molecule has 0 saturated carbocycles. The fourth-order valence-corrected chi connectivity index (χ4v) is 2.61. The summed E-state index contributed by atoms with van der Waals surface area (Å²) >= 11 is 0. The Hall–Kier alpha value is -3.86. The average Bonchev–Trinajstić information content (AvgIpc) is 2.77. The molecule has 0 heterocycles. The third-order valence-corrected chi connectivity index (χ3v) is 4.11. The highest BCUT2D eigenvalue weighted by Gasteiger charge is 2.05. The summed E-state index contributed by atoms with van der Waals surface area (Å²) in [6, 6.07) is 23.9. The number of carbonyl (C=O) groups is 2. The predicted octanol–water partition coefficient (Wildman–Crippen LogP) is 4.70. The normalized spacial score (nSPS) is 10.5. The molecule has 0 saturated heterocycles. The summed E-state index contributed by atoms with van der Waals surface area (Å²) in [7, 11) is 1.32. The molecule has 1 N–H and O–H groups in total. The van der Waals surface area contributed by atoms with Crippen LogP contribution in [0.2, 0.25) is 0 Å². The van der Waals surface area contributed by atoms with E-state index in [0.717, 1.165) is 16.9 Å². The second-order valence-electron chi connectivity index (χ2n) is 6.24. The first kappa shape index (κ1) is 19.9. The first-order chi connectivity index (χ1) is 14.1. The number of nitrogens with one attached hydrogen (secondary N) is 1. The van der Waals surface area contributed by atoms with Crippen molar-refractivity contribution >= 4 is 23.6 Å². The van der Waals surface area contributed by atoms with E-state index in [-0.39, 0.29) is 5.91 Å². The first-order valence-corrected chi connectivity index (χ1v) is 9.08. The monoisotopic (exact) mass is 387 g/mol. The lowest BCUT2D eigenvalue weighted by molar-refractivity contribution is -0.111. The maximum absolute atomic E-state index is 12.1. The Labute approximate surface area is 169 Å². The molecule has 0 aliphatic carbocycles. The van der Waals surface area contributed by atoms with Gasteiger partial charge in [0.1, 0.15) is 12.4 Å². The van der Waals surface area contributed by atoms with E-state index in [2.05, 4.69) is 10.1 Å². The number of rotatable bonds is 7. The second-order valence-corrected chi connectivity index (χ2v) is 6.24. The minimum Gasteiger partial charge on any atom is -0.489 e. The molecule has 29 heavy (non-hydrogen) atoms. The number of amides is 1. The number of hydrogen-bond donors (Lipinski definition) is 1. The van der Waals surface area contributed by atoms with Crippen LogP contribution in [-0.2, 0) is 16.1 Å². The molecular formula is C24H21NO4. The number of anilines is 1. The molecule has 3 aromatic carbocycles. The molecule has 0 radical (unpaired) electrons. The number of esters is 1. The van der Waals surface area contributed by atoms with Gasteiger partial charge in [-0.05, 0) is 53.6 Å². The van der Waals surface area contributed by atoms with Crippen molar-refractivity contribution in [3.63, 3.8) is 0 Å². The van der Waals surface area contributed by atoms with Crippen LogP contribution in [0.3, 0.4) is 0 Å². The van der Waals surface area contributed by atoms with Gasteiger partial charge < -0.3 is 14.8 Å². The summed E-state index contributed by atoms with van der Waals surface area (Å²) < 4.78 is 10.5. The van der Waals surface area contributed by atoms with Crippen LogP contribution in [0.1, 0.15) is 21.5 Å². The number of hydrogen-bond acceptors (Lipinski definition) is 4. The largest absolute Gasteiger partial charge is 0.489 e. The molecule has 0 bridgehead atoms. The van der Waals surface area contributed by atoms with Gasteiger partial charge in [-0.1, -0.05) is 42.5 Å². The lowest BCUT2D eigenvalue weighted by Gasteiger charge is -2.07. The Bertz CT molecular complexity index is 995. The molecule has 5 heteroatoms. The van der Waals surface area contributed by atoms with Gasteiger partial charge in [-0.3, -0.25) is 4.79 Å². The van der Waals surface area contributed by atoms with Gasteiger partial charge in [0.25, 0.3) is 0 Å². The van der Waals surface area contributed by atoms with E-state index < -0.39 is 5.97 Å². The van der Waals surface area contributed by atoms with Crippen molar-refractivity contribution in [2.24, 2.45) is 0 Å². The molecule has 0 aliphatic heterocycles. The van der Waals surface area contributed by atoms with Crippen LogP contribution in [-0.4, -0.2) is 19.0 Å². The second kappa shape index (κ2) is 9.90. The Kier molecular flexibility index (Phi) is 6.79. The molecular weight excluding hydrogens is 366 g/mol. The van der Waals surface area contributed by atoms with Crippen LogP contribution in [0.25, 0.3) is 6.08 Å². The van der Waals surface area contributed by atoms with E-state index in [9.17, 15) is 9.59 Å². The number of methoxy groups -OCH3 is 1. The highest BCUT2D eigenvalue weighted by atomic mass is 16.5. The highest BCUT2D eigenvalue weighted by molar-refractivity contribution is 6.02. The van der Waals surface area contributed by atoms with Crippen LogP contribution in [0, 0.1) is 0 Å². The van der Waals surface area contributed by atoms with E-state index >= 15 is 0 Å². The van der Waals surface area contributed by atoms with Gasteiger partial charge in [0.15, 0.2) is 0 Å². The lowest BCUT2D eigenvalue weighted by Crippen LogP contribution is -2.08. The summed E-state index contributed by atoms with van der Waals surface area (Å²) in [6.45, 7) is 0.482. The molecule has 0 aliphatic rings. The maximum atomic E-state index is 12.1. The topological polar surface area (TPSA) is 64.6 Å². The molecule has 0 fully saturated rings. The van der Waals surface area contributed by atoms with Gasteiger partial charge in [0.2, 0.25) is 5.91 Å². The fourth-order valence-electron chi connectivity index (χ4n) is 2.61. The first-order valence-electron chi connectivity index (χ1n) is 9.08. The molecule has 0 unspecified atom stereocenters.